The Bertz CT molecular complexity index is 685. The third-order valence-corrected chi connectivity index (χ3v) is 5.14. The lowest BCUT2D eigenvalue weighted by molar-refractivity contribution is -0.129. The van der Waals surface area contributed by atoms with Crippen LogP contribution in [0.3, 0.4) is 0 Å². The Morgan fingerprint density at radius 3 is 2.50 bits per heavy atom. The first-order valence-electron chi connectivity index (χ1n) is 7.13. The Labute approximate surface area is 128 Å². The Morgan fingerprint density at radius 1 is 1.18 bits per heavy atom. The number of nitrogens with zero attached hydrogens (tertiary/aromatic N) is 1. The van der Waals surface area contributed by atoms with E-state index in [2.05, 4.69) is 10.3 Å². The Morgan fingerprint density at radius 2 is 1.86 bits per heavy atom. The van der Waals surface area contributed by atoms with Crippen molar-refractivity contribution in [3.05, 3.63) is 30.3 Å². The minimum absolute atomic E-state index is 0.0337. The van der Waals surface area contributed by atoms with Crippen molar-refractivity contribution < 1.29 is 18.0 Å². The fourth-order valence-electron chi connectivity index (χ4n) is 2.52. The van der Waals surface area contributed by atoms with E-state index < -0.39 is 21.8 Å². The summed E-state index contributed by atoms with van der Waals surface area (Å²) in [5, 5.41) is 0. The maximum absolute atomic E-state index is 12.0. The van der Waals surface area contributed by atoms with Gasteiger partial charge in [0.05, 0.1) is 10.8 Å². The van der Waals surface area contributed by atoms with Crippen LogP contribution in [0.2, 0.25) is 0 Å². The third-order valence-electron chi connectivity index (χ3n) is 3.88. The molecule has 1 aliphatic heterocycles. The van der Waals surface area contributed by atoms with Gasteiger partial charge in [-0.2, -0.15) is 0 Å². The van der Waals surface area contributed by atoms with Crippen LogP contribution in [-0.4, -0.2) is 37.7 Å². The van der Waals surface area contributed by atoms with Gasteiger partial charge in [0.2, 0.25) is 11.8 Å². The summed E-state index contributed by atoms with van der Waals surface area (Å²) in [6.07, 6.45) is 2.11. The molecule has 1 heterocycles. The smallest absolute Gasteiger partial charge is 0.257 e. The van der Waals surface area contributed by atoms with Gasteiger partial charge in [-0.1, -0.05) is 18.2 Å². The first kappa shape index (κ1) is 15.0. The molecule has 2 aliphatic rings. The molecule has 0 unspecified atom stereocenters. The number of hydrogen-bond donors (Lipinski definition) is 2. The van der Waals surface area contributed by atoms with Gasteiger partial charge >= 0.3 is 0 Å². The zero-order chi connectivity index (χ0) is 15.7. The van der Waals surface area contributed by atoms with Crippen LogP contribution in [0.15, 0.2) is 35.2 Å². The van der Waals surface area contributed by atoms with Crippen LogP contribution in [-0.2, 0) is 19.6 Å². The molecule has 2 amide bonds. The van der Waals surface area contributed by atoms with Crippen molar-refractivity contribution in [1.82, 2.24) is 15.2 Å². The normalized spacial score (nSPS) is 21.9. The van der Waals surface area contributed by atoms with Crippen molar-refractivity contribution in [2.75, 3.05) is 6.54 Å². The van der Waals surface area contributed by atoms with Crippen LogP contribution in [0, 0.1) is 5.92 Å². The molecule has 0 spiro atoms. The predicted octanol–water partition coefficient (Wildman–Crippen LogP) is 0.00700. The summed E-state index contributed by atoms with van der Waals surface area (Å²) in [4.78, 5) is 27.7. The number of amides is 2. The second-order valence-electron chi connectivity index (χ2n) is 5.59. The van der Waals surface area contributed by atoms with E-state index >= 15 is 0 Å². The lowest BCUT2D eigenvalue weighted by Gasteiger charge is -2.15. The van der Waals surface area contributed by atoms with Crippen molar-refractivity contribution in [2.24, 2.45) is 5.92 Å². The number of carbonyl (C=O) groups excluding carboxylic acids is 2. The molecule has 1 aliphatic carbocycles. The Balaban J connectivity index is 1.57. The van der Waals surface area contributed by atoms with E-state index in [0.29, 0.717) is 6.54 Å². The van der Waals surface area contributed by atoms with Crippen LogP contribution in [0.5, 0.6) is 0 Å². The second-order valence-corrected chi connectivity index (χ2v) is 7.27. The summed E-state index contributed by atoms with van der Waals surface area (Å²) in [6.45, 7) is 0.363. The molecule has 22 heavy (non-hydrogen) atoms. The zero-order valence-electron chi connectivity index (χ0n) is 11.9. The highest BCUT2D eigenvalue weighted by molar-refractivity contribution is 7.89. The molecule has 8 heteroatoms. The van der Waals surface area contributed by atoms with Crippen LogP contribution in [0.25, 0.3) is 0 Å². The van der Waals surface area contributed by atoms with Gasteiger partial charge in [0.25, 0.3) is 10.0 Å². The van der Waals surface area contributed by atoms with Crippen LogP contribution in [0.4, 0.5) is 0 Å². The average Bonchev–Trinajstić information content (AvgIpc) is 3.28. The Hall–Kier alpha value is -1.93. The molecule has 0 bridgehead atoms. The largest absolute Gasteiger partial charge is 0.339 e. The van der Waals surface area contributed by atoms with Crippen molar-refractivity contribution in [3.8, 4) is 0 Å². The number of sulfonamides is 1. The van der Waals surface area contributed by atoms with Crippen LogP contribution in [0.1, 0.15) is 19.3 Å². The van der Waals surface area contributed by atoms with E-state index in [1.807, 2.05) is 0 Å². The molecule has 1 aromatic rings. The number of likely N-dealkylation sites (tertiary alicyclic amines) is 1. The molecule has 1 aromatic carbocycles. The fourth-order valence-corrected chi connectivity index (χ4v) is 3.39. The summed E-state index contributed by atoms with van der Waals surface area (Å²) in [5.74, 6) is -1.02. The number of carbonyl (C=O) groups is 2. The molecule has 2 N–H and O–H groups in total. The lowest BCUT2D eigenvalue weighted by atomic mass is 10.1. The molecular formula is C14H17N3O4S. The highest BCUT2D eigenvalue weighted by atomic mass is 32.2. The van der Waals surface area contributed by atoms with Crippen molar-refractivity contribution in [1.29, 1.82) is 0 Å². The standard InChI is InChI=1S/C14H17N3O4S/c18-13-8-10(9-17(13)11-6-7-11)14(19)15-16-22(20,21)12-4-2-1-3-5-12/h1-5,10-11,16H,6-9H2,(H,15,19)/t10-/m0/s1. The summed E-state index contributed by atoms with van der Waals surface area (Å²) in [5.41, 5.74) is 2.21. The van der Waals surface area contributed by atoms with Gasteiger partial charge in [-0.15, -0.1) is 4.83 Å². The van der Waals surface area contributed by atoms with Crippen molar-refractivity contribution >= 4 is 21.8 Å². The summed E-state index contributed by atoms with van der Waals surface area (Å²) >= 11 is 0. The summed E-state index contributed by atoms with van der Waals surface area (Å²) in [6, 6.07) is 8.03. The van der Waals surface area contributed by atoms with Crippen LogP contribution < -0.4 is 10.3 Å². The molecule has 2 fully saturated rings. The molecule has 1 saturated carbocycles. The van der Waals surface area contributed by atoms with Gasteiger partial charge in [-0.3, -0.25) is 15.0 Å². The molecule has 1 atom stereocenters. The van der Waals surface area contributed by atoms with E-state index in [1.54, 1.807) is 23.1 Å². The fraction of sp³-hybridized carbons (Fsp3) is 0.429. The highest BCUT2D eigenvalue weighted by Crippen LogP contribution is 2.32. The summed E-state index contributed by atoms with van der Waals surface area (Å²) < 4.78 is 24.0. The van der Waals surface area contributed by atoms with Crippen molar-refractivity contribution in [3.63, 3.8) is 0 Å². The highest BCUT2D eigenvalue weighted by Gasteiger charge is 2.41. The maximum Gasteiger partial charge on any atom is 0.257 e. The minimum Gasteiger partial charge on any atom is -0.339 e. The van der Waals surface area contributed by atoms with Gasteiger partial charge < -0.3 is 4.90 Å². The summed E-state index contributed by atoms with van der Waals surface area (Å²) in [7, 11) is -3.80. The maximum atomic E-state index is 12.0. The topological polar surface area (TPSA) is 95.6 Å². The quantitative estimate of drug-likeness (QED) is 0.746. The molecule has 118 valence electrons. The molecule has 3 rings (SSSR count). The lowest BCUT2D eigenvalue weighted by Crippen LogP contribution is -2.45. The van der Waals surface area contributed by atoms with E-state index in [9.17, 15) is 18.0 Å². The van der Waals surface area contributed by atoms with Gasteiger partial charge in [-0.25, -0.2) is 8.42 Å². The van der Waals surface area contributed by atoms with Gasteiger partial charge in [0.1, 0.15) is 0 Å². The van der Waals surface area contributed by atoms with E-state index in [1.165, 1.54) is 12.1 Å². The number of hydrazine groups is 1. The number of nitrogens with one attached hydrogen (secondary N) is 2. The monoisotopic (exact) mass is 323 g/mol. The van der Waals surface area contributed by atoms with Gasteiger partial charge in [-0.05, 0) is 25.0 Å². The van der Waals surface area contributed by atoms with E-state index in [0.717, 1.165) is 12.8 Å². The number of rotatable bonds is 5. The molecule has 7 nitrogen and oxygen atoms in total. The SMILES string of the molecule is O=C(NNS(=O)(=O)c1ccccc1)[C@H]1CC(=O)N(C2CC2)C1. The number of benzene rings is 1. The molecule has 1 saturated heterocycles. The first-order valence-corrected chi connectivity index (χ1v) is 8.62. The molecule has 0 aromatic heterocycles. The average molecular weight is 323 g/mol. The molecular weight excluding hydrogens is 306 g/mol. The zero-order valence-corrected chi connectivity index (χ0v) is 12.7. The Kier molecular flexibility index (Phi) is 3.88. The van der Waals surface area contributed by atoms with E-state index in [4.69, 9.17) is 0 Å². The van der Waals surface area contributed by atoms with Gasteiger partial charge in [0.15, 0.2) is 0 Å². The second kappa shape index (κ2) is 5.69. The van der Waals surface area contributed by atoms with Crippen molar-refractivity contribution in [2.45, 2.75) is 30.2 Å². The van der Waals surface area contributed by atoms with Gasteiger partial charge in [0, 0.05) is 19.0 Å². The predicted molar refractivity (Wildman–Crippen MR) is 77.7 cm³/mol. The number of hydrogen-bond acceptors (Lipinski definition) is 4. The van der Waals surface area contributed by atoms with E-state index in [-0.39, 0.29) is 23.3 Å². The molecule has 0 radical (unpaired) electrons. The first-order chi connectivity index (χ1) is 10.5. The van der Waals surface area contributed by atoms with Crippen LogP contribution >= 0.6 is 0 Å². The third kappa shape index (κ3) is 3.12. The minimum atomic E-state index is -3.80.